The van der Waals surface area contributed by atoms with Crippen LogP contribution in [0, 0.1) is 6.92 Å². The smallest absolute Gasteiger partial charge is 0.282 e. The molecular formula is C16H25N3O4S2. The molecule has 2 aliphatic heterocycles. The molecule has 0 bridgehead atoms. The van der Waals surface area contributed by atoms with Crippen LogP contribution in [0.1, 0.15) is 28.4 Å². The first kappa shape index (κ1) is 18.8. The van der Waals surface area contributed by atoms with Crippen LogP contribution in [0.15, 0.2) is 12.1 Å². The maximum Gasteiger partial charge on any atom is 0.282 e. The number of morpholine rings is 1. The van der Waals surface area contributed by atoms with E-state index in [1.165, 1.54) is 19.9 Å². The monoisotopic (exact) mass is 387 g/mol. The Morgan fingerprint density at radius 2 is 1.68 bits per heavy atom. The molecule has 2 atom stereocenters. The third-order valence-corrected chi connectivity index (χ3v) is 7.47. The standard InChI is InChI=1S/C16H25N3O4S2/c1-12-10-19(11-13(2)23-12)25(21,22)18-8-6-17(7-9-18)16(20)15-5-4-14(3)24-15/h4-5,12-13H,6-11H2,1-3H3/t12-,13-/m0/s1. The molecule has 3 heterocycles. The van der Waals surface area contributed by atoms with Gasteiger partial charge in [0, 0.05) is 44.1 Å². The van der Waals surface area contributed by atoms with E-state index >= 15 is 0 Å². The summed E-state index contributed by atoms with van der Waals surface area (Å²) in [6, 6.07) is 3.77. The van der Waals surface area contributed by atoms with Gasteiger partial charge in [0.2, 0.25) is 0 Å². The van der Waals surface area contributed by atoms with Crippen molar-refractivity contribution in [3.05, 3.63) is 21.9 Å². The van der Waals surface area contributed by atoms with Crippen LogP contribution in [0.3, 0.4) is 0 Å². The van der Waals surface area contributed by atoms with Crippen molar-refractivity contribution in [2.24, 2.45) is 0 Å². The Morgan fingerprint density at radius 3 is 2.20 bits per heavy atom. The Kier molecular flexibility index (Phi) is 5.50. The molecule has 1 aromatic rings. The number of thiophene rings is 1. The Balaban J connectivity index is 1.62. The second kappa shape index (κ2) is 7.32. The van der Waals surface area contributed by atoms with Crippen molar-refractivity contribution < 1.29 is 17.9 Å². The quantitative estimate of drug-likeness (QED) is 0.781. The summed E-state index contributed by atoms with van der Waals surface area (Å²) >= 11 is 1.47. The predicted octanol–water partition coefficient (Wildman–Crippen LogP) is 1.17. The molecule has 0 aromatic carbocycles. The molecule has 0 saturated carbocycles. The summed E-state index contributed by atoms with van der Waals surface area (Å²) in [6.07, 6.45) is -0.216. The minimum absolute atomic E-state index is 0.0104. The van der Waals surface area contributed by atoms with E-state index in [1.807, 2.05) is 32.9 Å². The van der Waals surface area contributed by atoms with Crippen LogP contribution < -0.4 is 0 Å². The molecule has 2 saturated heterocycles. The topological polar surface area (TPSA) is 70.2 Å². The third kappa shape index (κ3) is 4.06. The third-order valence-electron chi connectivity index (χ3n) is 4.52. The van der Waals surface area contributed by atoms with Gasteiger partial charge >= 0.3 is 0 Å². The van der Waals surface area contributed by atoms with Crippen molar-refractivity contribution in [3.8, 4) is 0 Å². The van der Waals surface area contributed by atoms with Crippen LogP contribution in [0.4, 0.5) is 0 Å². The van der Waals surface area contributed by atoms with Crippen molar-refractivity contribution in [1.29, 1.82) is 0 Å². The fourth-order valence-electron chi connectivity index (χ4n) is 3.31. The lowest BCUT2D eigenvalue weighted by atomic mass is 10.3. The average molecular weight is 388 g/mol. The number of hydrogen-bond acceptors (Lipinski definition) is 5. The van der Waals surface area contributed by atoms with Gasteiger partial charge in [-0.1, -0.05) is 0 Å². The Hall–Kier alpha value is -1.00. The van der Waals surface area contributed by atoms with E-state index in [2.05, 4.69) is 0 Å². The fourth-order valence-corrected chi connectivity index (χ4v) is 5.89. The Labute approximate surface area is 153 Å². The van der Waals surface area contributed by atoms with Crippen LogP contribution >= 0.6 is 11.3 Å². The molecule has 7 nitrogen and oxygen atoms in total. The van der Waals surface area contributed by atoms with Crippen LogP contribution in [-0.2, 0) is 14.9 Å². The lowest BCUT2D eigenvalue weighted by Crippen LogP contribution is -2.57. The number of ether oxygens (including phenoxy) is 1. The van der Waals surface area contributed by atoms with Crippen molar-refractivity contribution in [2.75, 3.05) is 39.3 Å². The molecule has 1 aromatic heterocycles. The van der Waals surface area contributed by atoms with Gasteiger partial charge in [0.25, 0.3) is 16.1 Å². The van der Waals surface area contributed by atoms with Gasteiger partial charge in [-0.05, 0) is 32.9 Å². The minimum atomic E-state index is -3.51. The molecule has 2 fully saturated rings. The Morgan fingerprint density at radius 1 is 1.08 bits per heavy atom. The van der Waals surface area contributed by atoms with Crippen molar-refractivity contribution >= 4 is 27.5 Å². The summed E-state index contributed by atoms with van der Waals surface area (Å²) in [6.45, 7) is 8.00. The maximum absolute atomic E-state index is 12.9. The van der Waals surface area contributed by atoms with Crippen LogP contribution in [-0.4, -0.2) is 79.3 Å². The second-order valence-electron chi connectivity index (χ2n) is 6.68. The molecule has 140 valence electrons. The molecule has 2 aliphatic rings. The lowest BCUT2D eigenvalue weighted by Gasteiger charge is -2.40. The minimum Gasteiger partial charge on any atom is -0.373 e. The number of aryl methyl sites for hydroxylation is 1. The van der Waals surface area contributed by atoms with Gasteiger partial charge in [-0.25, -0.2) is 0 Å². The molecule has 1 amide bonds. The fraction of sp³-hybridized carbons (Fsp3) is 0.688. The molecule has 25 heavy (non-hydrogen) atoms. The first-order chi connectivity index (χ1) is 11.8. The Bertz CT molecular complexity index is 715. The number of carbonyl (C=O) groups excluding carboxylic acids is 1. The van der Waals surface area contributed by atoms with Crippen molar-refractivity contribution in [3.63, 3.8) is 0 Å². The maximum atomic E-state index is 12.9. The predicted molar refractivity (Wildman–Crippen MR) is 97.0 cm³/mol. The number of carbonyl (C=O) groups is 1. The highest BCUT2D eigenvalue weighted by atomic mass is 32.2. The number of amides is 1. The van der Waals surface area contributed by atoms with Crippen LogP contribution in [0.5, 0.6) is 0 Å². The largest absolute Gasteiger partial charge is 0.373 e. The lowest BCUT2D eigenvalue weighted by molar-refractivity contribution is -0.0457. The normalized spacial score (nSPS) is 26.8. The number of rotatable bonds is 3. The van der Waals surface area contributed by atoms with E-state index in [-0.39, 0.29) is 18.1 Å². The number of nitrogens with zero attached hydrogens (tertiary/aromatic N) is 3. The van der Waals surface area contributed by atoms with Gasteiger partial charge in [-0.3, -0.25) is 4.79 Å². The van der Waals surface area contributed by atoms with Crippen LogP contribution in [0.25, 0.3) is 0 Å². The van der Waals surface area contributed by atoms with E-state index in [0.717, 1.165) is 4.88 Å². The van der Waals surface area contributed by atoms with E-state index in [1.54, 1.807) is 4.90 Å². The average Bonchev–Trinajstić information content (AvgIpc) is 3.00. The molecule has 0 unspecified atom stereocenters. The van der Waals surface area contributed by atoms with Gasteiger partial charge in [-0.2, -0.15) is 17.0 Å². The van der Waals surface area contributed by atoms with E-state index in [4.69, 9.17) is 4.74 Å². The SMILES string of the molecule is Cc1ccc(C(=O)N2CCN(S(=O)(=O)N3C[C@H](C)O[C@@H](C)C3)CC2)s1. The van der Waals surface area contributed by atoms with Gasteiger partial charge in [0.15, 0.2) is 0 Å². The highest BCUT2D eigenvalue weighted by Gasteiger charge is 2.37. The molecule has 0 N–H and O–H groups in total. The molecular weight excluding hydrogens is 362 g/mol. The van der Waals surface area contributed by atoms with Crippen LogP contribution in [0.2, 0.25) is 0 Å². The molecule has 0 radical (unpaired) electrons. The zero-order chi connectivity index (χ0) is 18.2. The first-order valence-electron chi connectivity index (χ1n) is 8.54. The highest BCUT2D eigenvalue weighted by Crippen LogP contribution is 2.21. The van der Waals surface area contributed by atoms with Gasteiger partial charge in [-0.15, -0.1) is 11.3 Å². The first-order valence-corrected chi connectivity index (χ1v) is 10.7. The summed E-state index contributed by atoms with van der Waals surface area (Å²) < 4.78 is 34.4. The van der Waals surface area contributed by atoms with E-state index in [0.29, 0.717) is 44.1 Å². The van der Waals surface area contributed by atoms with Crippen molar-refractivity contribution in [1.82, 2.24) is 13.5 Å². The number of piperazine rings is 1. The van der Waals surface area contributed by atoms with E-state index < -0.39 is 10.2 Å². The van der Waals surface area contributed by atoms with Crippen molar-refractivity contribution in [2.45, 2.75) is 33.0 Å². The zero-order valence-corrected chi connectivity index (χ0v) is 16.5. The van der Waals surface area contributed by atoms with Gasteiger partial charge in [0.1, 0.15) is 0 Å². The summed E-state index contributed by atoms with van der Waals surface area (Å²) in [4.78, 5) is 16.0. The highest BCUT2D eigenvalue weighted by molar-refractivity contribution is 7.86. The van der Waals surface area contributed by atoms with E-state index in [9.17, 15) is 13.2 Å². The molecule has 9 heteroatoms. The zero-order valence-electron chi connectivity index (χ0n) is 14.8. The van der Waals surface area contributed by atoms with Gasteiger partial charge < -0.3 is 9.64 Å². The number of hydrogen-bond donors (Lipinski definition) is 0. The molecule has 3 rings (SSSR count). The molecule has 0 aliphatic carbocycles. The van der Waals surface area contributed by atoms with Gasteiger partial charge in [0.05, 0.1) is 17.1 Å². The summed E-state index contributed by atoms with van der Waals surface area (Å²) in [5, 5.41) is 0. The summed E-state index contributed by atoms with van der Waals surface area (Å²) in [5.74, 6) is -0.0104. The molecule has 0 spiro atoms. The summed E-state index contributed by atoms with van der Waals surface area (Å²) in [7, 11) is -3.51. The summed E-state index contributed by atoms with van der Waals surface area (Å²) in [5.41, 5.74) is 0. The second-order valence-corrected chi connectivity index (χ2v) is 9.90.